The number of rotatable bonds is 0. The lowest BCUT2D eigenvalue weighted by Gasteiger charge is -2.14. The van der Waals surface area contributed by atoms with Crippen molar-refractivity contribution in [1.29, 1.82) is 0 Å². The molecule has 1 aromatic rings. The van der Waals surface area contributed by atoms with E-state index in [-0.39, 0.29) is 0 Å². The van der Waals surface area contributed by atoms with Crippen molar-refractivity contribution in [2.24, 2.45) is 0 Å². The van der Waals surface area contributed by atoms with Crippen molar-refractivity contribution in [3.63, 3.8) is 0 Å². The molecular formula is C11H9NO2S. The second kappa shape index (κ2) is 2.97. The number of fused-ring (bicyclic) bond motifs is 3. The molecule has 0 saturated carbocycles. The minimum absolute atomic E-state index is 0.486. The van der Waals surface area contributed by atoms with Gasteiger partial charge in [-0.05, 0) is 17.7 Å². The predicted octanol–water partition coefficient (Wildman–Crippen LogP) is 0.998. The molecule has 0 spiro atoms. The number of anilines is 1. The smallest absolute Gasteiger partial charge is 0.219 e. The second-order valence-electron chi connectivity index (χ2n) is 3.73. The van der Waals surface area contributed by atoms with Gasteiger partial charge < -0.3 is 4.90 Å². The standard InChI is InChI=1S/C11H9NO2S/c13-15(14)10-6-9-5-8-3-1-2-4-11(8)12(9)7-10/h1-4,6H,5,7H2. The lowest BCUT2D eigenvalue weighted by atomic mass is 10.1. The van der Waals surface area contributed by atoms with Crippen molar-refractivity contribution in [3.8, 4) is 0 Å². The summed E-state index contributed by atoms with van der Waals surface area (Å²) < 4.78 is 21.7. The summed E-state index contributed by atoms with van der Waals surface area (Å²) in [5.74, 6) is 0. The summed E-state index contributed by atoms with van der Waals surface area (Å²) in [7, 11) is -2.08. The molecular weight excluding hydrogens is 210 g/mol. The topological polar surface area (TPSA) is 37.4 Å². The fraction of sp³-hybridized carbons (Fsp3) is 0.182. The van der Waals surface area contributed by atoms with Crippen LogP contribution in [-0.4, -0.2) is 19.8 Å². The van der Waals surface area contributed by atoms with Crippen LogP contribution < -0.4 is 4.90 Å². The van der Waals surface area contributed by atoms with Crippen molar-refractivity contribution >= 4 is 20.8 Å². The van der Waals surface area contributed by atoms with Gasteiger partial charge in [-0.2, -0.15) is 8.42 Å². The van der Waals surface area contributed by atoms with E-state index in [0.29, 0.717) is 11.4 Å². The number of hydrogen-bond acceptors (Lipinski definition) is 3. The van der Waals surface area contributed by atoms with Crippen molar-refractivity contribution in [2.45, 2.75) is 6.42 Å². The molecule has 0 unspecified atom stereocenters. The maximum Gasteiger partial charge on any atom is 0.219 e. The molecule has 0 bridgehead atoms. The number of nitrogens with zero attached hydrogens (tertiary/aromatic N) is 1. The Labute approximate surface area is 89.2 Å². The number of allylic oxidation sites excluding steroid dienone is 1. The third kappa shape index (κ3) is 1.22. The van der Waals surface area contributed by atoms with Crippen LogP contribution >= 0.6 is 0 Å². The molecule has 0 saturated heterocycles. The molecule has 2 aliphatic heterocycles. The van der Waals surface area contributed by atoms with Gasteiger partial charge in [0.15, 0.2) is 0 Å². The van der Waals surface area contributed by atoms with Crippen molar-refractivity contribution in [3.05, 3.63) is 41.6 Å². The van der Waals surface area contributed by atoms with Crippen LogP contribution in [0.25, 0.3) is 0 Å². The van der Waals surface area contributed by atoms with Gasteiger partial charge in [0.2, 0.25) is 10.3 Å². The summed E-state index contributed by atoms with van der Waals surface area (Å²) in [5.41, 5.74) is 3.51. The molecule has 0 aliphatic carbocycles. The van der Waals surface area contributed by atoms with Gasteiger partial charge in [-0.1, -0.05) is 18.2 Å². The van der Waals surface area contributed by atoms with Gasteiger partial charge in [0.25, 0.3) is 0 Å². The van der Waals surface area contributed by atoms with Crippen LogP contribution in [0.2, 0.25) is 0 Å². The highest BCUT2D eigenvalue weighted by molar-refractivity contribution is 7.73. The molecule has 0 aromatic heterocycles. The molecule has 3 rings (SSSR count). The number of hydrogen-bond donors (Lipinski definition) is 0. The zero-order valence-corrected chi connectivity index (χ0v) is 8.79. The molecule has 0 N–H and O–H groups in total. The monoisotopic (exact) mass is 219 g/mol. The summed E-state index contributed by atoms with van der Waals surface area (Å²) >= 11 is 0. The zero-order valence-electron chi connectivity index (χ0n) is 7.97. The Morgan fingerprint density at radius 1 is 1.20 bits per heavy atom. The Bertz CT molecular complexity index is 591. The SMILES string of the molecule is O=S(=O)=C1C=C2Cc3ccccc3N2C1. The van der Waals surface area contributed by atoms with Crippen molar-refractivity contribution < 1.29 is 8.42 Å². The molecule has 0 atom stereocenters. The minimum Gasteiger partial charge on any atom is -0.339 e. The summed E-state index contributed by atoms with van der Waals surface area (Å²) in [5, 5.41) is 0. The molecule has 0 amide bonds. The maximum absolute atomic E-state index is 10.8. The maximum atomic E-state index is 10.8. The zero-order chi connectivity index (χ0) is 10.4. The molecule has 3 nitrogen and oxygen atoms in total. The molecule has 0 fully saturated rings. The van der Waals surface area contributed by atoms with E-state index in [1.165, 1.54) is 5.56 Å². The van der Waals surface area contributed by atoms with Crippen LogP contribution in [0.3, 0.4) is 0 Å². The fourth-order valence-electron chi connectivity index (χ4n) is 2.17. The highest BCUT2D eigenvalue weighted by atomic mass is 32.2. The largest absolute Gasteiger partial charge is 0.339 e. The minimum atomic E-state index is -2.08. The Morgan fingerprint density at radius 3 is 2.80 bits per heavy atom. The average Bonchev–Trinajstić information content (AvgIpc) is 2.73. The highest BCUT2D eigenvalue weighted by Crippen LogP contribution is 2.36. The fourth-order valence-corrected chi connectivity index (χ4v) is 2.64. The second-order valence-corrected chi connectivity index (χ2v) is 4.72. The average molecular weight is 219 g/mol. The lowest BCUT2D eigenvalue weighted by molar-refractivity contribution is 0.627. The summed E-state index contributed by atoms with van der Waals surface area (Å²) in [6, 6.07) is 8.11. The quantitative estimate of drug-likeness (QED) is 0.611. The highest BCUT2D eigenvalue weighted by Gasteiger charge is 2.29. The van der Waals surface area contributed by atoms with Crippen LogP contribution in [0, 0.1) is 0 Å². The Kier molecular flexibility index (Phi) is 1.73. The Balaban J connectivity index is 2.13. The molecule has 0 radical (unpaired) electrons. The first-order valence-electron chi connectivity index (χ1n) is 4.77. The van der Waals surface area contributed by atoms with E-state index in [1.54, 1.807) is 6.08 Å². The lowest BCUT2D eigenvalue weighted by Crippen LogP contribution is -2.18. The number of benzene rings is 1. The van der Waals surface area contributed by atoms with Crippen LogP contribution in [0.5, 0.6) is 0 Å². The molecule has 1 aromatic carbocycles. The number of para-hydroxylation sites is 1. The van der Waals surface area contributed by atoms with Crippen molar-refractivity contribution in [1.82, 2.24) is 0 Å². The van der Waals surface area contributed by atoms with E-state index in [2.05, 4.69) is 11.0 Å². The van der Waals surface area contributed by atoms with E-state index < -0.39 is 10.3 Å². The van der Waals surface area contributed by atoms with Gasteiger partial charge in [-0.3, -0.25) is 0 Å². The molecule has 15 heavy (non-hydrogen) atoms. The summed E-state index contributed by atoms with van der Waals surface area (Å²) in [6.45, 7) is 0.489. The van der Waals surface area contributed by atoms with Crippen molar-refractivity contribution in [2.75, 3.05) is 11.4 Å². The van der Waals surface area contributed by atoms with Gasteiger partial charge in [-0.25, -0.2) is 0 Å². The molecule has 2 heterocycles. The van der Waals surface area contributed by atoms with Crippen LogP contribution in [0.15, 0.2) is 36.0 Å². The van der Waals surface area contributed by atoms with Crippen LogP contribution in [-0.2, 0) is 16.7 Å². The molecule has 76 valence electrons. The van der Waals surface area contributed by atoms with Gasteiger partial charge in [0.1, 0.15) is 0 Å². The third-order valence-corrected chi connectivity index (χ3v) is 3.53. The van der Waals surface area contributed by atoms with E-state index in [1.807, 2.05) is 18.2 Å². The molecule has 2 aliphatic rings. The van der Waals surface area contributed by atoms with E-state index in [9.17, 15) is 8.42 Å². The van der Waals surface area contributed by atoms with E-state index >= 15 is 0 Å². The normalized spacial score (nSPS) is 17.5. The van der Waals surface area contributed by atoms with Gasteiger partial charge in [0.05, 0.1) is 11.4 Å². The van der Waals surface area contributed by atoms with Crippen LogP contribution in [0.1, 0.15) is 5.56 Å². The van der Waals surface area contributed by atoms with E-state index in [4.69, 9.17) is 0 Å². The summed E-state index contributed by atoms with van der Waals surface area (Å²) in [4.78, 5) is 2.56. The summed E-state index contributed by atoms with van der Waals surface area (Å²) in [6.07, 6.45) is 2.62. The Hall–Kier alpha value is -1.55. The Morgan fingerprint density at radius 2 is 2.00 bits per heavy atom. The molecule has 4 heteroatoms. The van der Waals surface area contributed by atoms with Gasteiger partial charge >= 0.3 is 0 Å². The predicted molar refractivity (Wildman–Crippen MR) is 59.5 cm³/mol. The first-order chi connectivity index (χ1) is 7.25. The first kappa shape index (κ1) is 8.73. The van der Waals surface area contributed by atoms with E-state index in [0.717, 1.165) is 17.8 Å². The first-order valence-corrected chi connectivity index (χ1v) is 5.84. The third-order valence-electron chi connectivity index (χ3n) is 2.86. The van der Waals surface area contributed by atoms with Gasteiger partial charge in [0, 0.05) is 17.8 Å². The van der Waals surface area contributed by atoms with Gasteiger partial charge in [-0.15, -0.1) is 0 Å². The van der Waals surface area contributed by atoms with Crippen LogP contribution in [0.4, 0.5) is 5.69 Å².